The highest BCUT2D eigenvalue weighted by Crippen LogP contribution is 2.49. The van der Waals surface area contributed by atoms with Crippen molar-refractivity contribution in [1.82, 2.24) is 10.4 Å². The fraction of sp³-hybridized carbons (Fsp3) is 0.643. The molecule has 4 atom stereocenters. The van der Waals surface area contributed by atoms with E-state index >= 15 is 0 Å². The van der Waals surface area contributed by atoms with Gasteiger partial charge >= 0.3 is 0 Å². The van der Waals surface area contributed by atoms with E-state index in [1.165, 1.54) is 31.2 Å². The van der Waals surface area contributed by atoms with E-state index in [1.54, 1.807) is 0 Å². The van der Waals surface area contributed by atoms with Crippen LogP contribution in [0.1, 0.15) is 31.2 Å². The SMILES string of the molecule is NNC(Cc1cccnc1)C1CC2CCC1C2. The van der Waals surface area contributed by atoms with Gasteiger partial charge in [0.25, 0.3) is 0 Å². The van der Waals surface area contributed by atoms with E-state index in [9.17, 15) is 0 Å². The molecule has 3 N–H and O–H groups in total. The van der Waals surface area contributed by atoms with Crippen LogP contribution in [0.4, 0.5) is 0 Å². The molecular weight excluding hydrogens is 210 g/mol. The summed E-state index contributed by atoms with van der Waals surface area (Å²) < 4.78 is 0. The third-order valence-corrected chi connectivity index (χ3v) is 4.70. The van der Waals surface area contributed by atoms with Crippen LogP contribution in [0.25, 0.3) is 0 Å². The van der Waals surface area contributed by atoms with Gasteiger partial charge in [0.1, 0.15) is 0 Å². The monoisotopic (exact) mass is 231 g/mol. The van der Waals surface area contributed by atoms with E-state index in [0.717, 1.165) is 24.2 Å². The summed E-state index contributed by atoms with van der Waals surface area (Å²) >= 11 is 0. The number of fused-ring (bicyclic) bond motifs is 2. The van der Waals surface area contributed by atoms with Crippen molar-refractivity contribution >= 4 is 0 Å². The largest absolute Gasteiger partial charge is 0.271 e. The lowest BCUT2D eigenvalue weighted by atomic mass is 9.81. The minimum absolute atomic E-state index is 0.425. The molecule has 3 nitrogen and oxygen atoms in total. The van der Waals surface area contributed by atoms with Crippen molar-refractivity contribution in [3.63, 3.8) is 0 Å². The first-order valence-electron chi connectivity index (χ1n) is 6.72. The molecule has 2 bridgehead atoms. The molecular formula is C14H21N3. The normalized spacial score (nSPS) is 32.9. The zero-order chi connectivity index (χ0) is 11.7. The number of nitrogens with zero attached hydrogens (tertiary/aromatic N) is 1. The highest BCUT2D eigenvalue weighted by Gasteiger charge is 2.42. The first-order chi connectivity index (χ1) is 8.36. The van der Waals surface area contributed by atoms with Crippen molar-refractivity contribution in [2.24, 2.45) is 23.6 Å². The lowest BCUT2D eigenvalue weighted by Crippen LogP contribution is -2.44. The first-order valence-corrected chi connectivity index (χ1v) is 6.72. The van der Waals surface area contributed by atoms with Gasteiger partial charge in [0, 0.05) is 18.4 Å². The molecule has 4 unspecified atom stereocenters. The summed E-state index contributed by atoms with van der Waals surface area (Å²) in [6.45, 7) is 0. The predicted octanol–water partition coefficient (Wildman–Crippen LogP) is 1.89. The van der Waals surface area contributed by atoms with Gasteiger partial charge in [-0.1, -0.05) is 12.5 Å². The molecule has 0 spiro atoms. The third kappa shape index (κ3) is 2.22. The number of pyridine rings is 1. The Labute approximate surface area is 103 Å². The van der Waals surface area contributed by atoms with Crippen LogP contribution in [0.3, 0.4) is 0 Å². The Morgan fingerprint density at radius 1 is 1.41 bits per heavy atom. The van der Waals surface area contributed by atoms with Crippen LogP contribution >= 0.6 is 0 Å². The van der Waals surface area contributed by atoms with Gasteiger partial charge in [-0.05, 0) is 55.1 Å². The molecule has 3 rings (SSSR count). The standard InChI is InChI=1S/C14H21N3/c15-17-14(8-11-2-1-5-16-9-11)13-7-10-3-4-12(13)6-10/h1-2,5,9-10,12-14,17H,3-4,6-8,15H2. The smallest absolute Gasteiger partial charge is 0.0300 e. The predicted molar refractivity (Wildman–Crippen MR) is 68.0 cm³/mol. The number of hydrogen-bond donors (Lipinski definition) is 2. The van der Waals surface area contributed by atoms with Crippen molar-refractivity contribution in [2.75, 3.05) is 0 Å². The molecule has 2 aliphatic carbocycles. The topological polar surface area (TPSA) is 50.9 Å². The summed E-state index contributed by atoms with van der Waals surface area (Å²) in [5, 5.41) is 0. The second-order valence-electron chi connectivity index (χ2n) is 5.68. The Hall–Kier alpha value is -0.930. The average molecular weight is 231 g/mol. The summed E-state index contributed by atoms with van der Waals surface area (Å²) in [6, 6.07) is 4.57. The number of nitrogens with two attached hydrogens (primary N) is 1. The molecule has 3 heteroatoms. The van der Waals surface area contributed by atoms with Gasteiger partial charge in [-0.2, -0.15) is 0 Å². The number of hydrazine groups is 1. The molecule has 17 heavy (non-hydrogen) atoms. The average Bonchev–Trinajstić information content (AvgIpc) is 2.99. The van der Waals surface area contributed by atoms with E-state index in [1.807, 2.05) is 18.5 Å². The van der Waals surface area contributed by atoms with Crippen LogP contribution in [0.15, 0.2) is 24.5 Å². The van der Waals surface area contributed by atoms with Gasteiger partial charge in [0.2, 0.25) is 0 Å². The van der Waals surface area contributed by atoms with Crippen molar-refractivity contribution < 1.29 is 0 Å². The maximum atomic E-state index is 5.76. The molecule has 2 fully saturated rings. The summed E-state index contributed by atoms with van der Waals surface area (Å²) in [5.74, 6) is 8.43. The van der Waals surface area contributed by atoms with Crippen LogP contribution in [-0.4, -0.2) is 11.0 Å². The maximum Gasteiger partial charge on any atom is 0.0300 e. The van der Waals surface area contributed by atoms with Crippen molar-refractivity contribution in [1.29, 1.82) is 0 Å². The fourth-order valence-corrected chi connectivity index (χ4v) is 3.89. The molecule has 0 saturated heterocycles. The molecule has 0 radical (unpaired) electrons. The van der Waals surface area contributed by atoms with E-state index < -0.39 is 0 Å². The molecule has 1 aromatic heterocycles. The van der Waals surface area contributed by atoms with Gasteiger partial charge in [-0.25, -0.2) is 0 Å². The fourth-order valence-electron chi connectivity index (χ4n) is 3.89. The van der Waals surface area contributed by atoms with Crippen LogP contribution in [0.2, 0.25) is 0 Å². The second-order valence-corrected chi connectivity index (χ2v) is 5.68. The summed E-state index contributed by atoms with van der Waals surface area (Å²) in [7, 11) is 0. The lowest BCUT2D eigenvalue weighted by Gasteiger charge is -2.30. The molecule has 2 aliphatic rings. The number of nitrogens with one attached hydrogen (secondary N) is 1. The second kappa shape index (κ2) is 4.75. The molecule has 2 saturated carbocycles. The zero-order valence-electron chi connectivity index (χ0n) is 10.2. The zero-order valence-corrected chi connectivity index (χ0v) is 10.2. The van der Waals surface area contributed by atoms with Crippen LogP contribution < -0.4 is 11.3 Å². The van der Waals surface area contributed by atoms with Gasteiger partial charge in [0.15, 0.2) is 0 Å². The van der Waals surface area contributed by atoms with Crippen LogP contribution in [0.5, 0.6) is 0 Å². The van der Waals surface area contributed by atoms with Gasteiger partial charge in [-0.15, -0.1) is 0 Å². The number of aromatic nitrogens is 1. The Bertz CT molecular complexity index is 365. The highest BCUT2D eigenvalue weighted by molar-refractivity contribution is 5.11. The minimum atomic E-state index is 0.425. The Balaban J connectivity index is 1.68. The summed E-state index contributed by atoms with van der Waals surface area (Å²) in [6.07, 6.45) is 10.5. The quantitative estimate of drug-likeness (QED) is 0.614. The number of rotatable bonds is 4. The summed E-state index contributed by atoms with van der Waals surface area (Å²) in [5.41, 5.74) is 4.34. The summed E-state index contributed by atoms with van der Waals surface area (Å²) in [4.78, 5) is 4.18. The van der Waals surface area contributed by atoms with Crippen molar-refractivity contribution in [3.8, 4) is 0 Å². The van der Waals surface area contributed by atoms with Gasteiger partial charge in [-0.3, -0.25) is 16.3 Å². The Morgan fingerprint density at radius 2 is 2.35 bits per heavy atom. The van der Waals surface area contributed by atoms with Crippen molar-refractivity contribution in [3.05, 3.63) is 30.1 Å². The minimum Gasteiger partial charge on any atom is -0.271 e. The van der Waals surface area contributed by atoms with Gasteiger partial charge < -0.3 is 0 Å². The van der Waals surface area contributed by atoms with Crippen LogP contribution in [0, 0.1) is 17.8 Å². The first kappa shape index (κ1) is 11.2. The molecule has 0 aromatic carbocycles. The lowest BCUT2D eigenvalue weighted by molar-refractivity contribution is 0.248. The Morgan fingerprint density at radius 3 is 2.94 bits per heavy atom. The third-order valence-electron chi connectivity index (χ3n) is 4.70. The van der Waals surface area contributed by atoms with Crippen molar-refractivity contribution in [2.45, 2.75) is 38.1 Å². The molecule has 92 valence electrons. The van der Waals surface area contributed by atoms with E-state index in [-0.39, 0.29) is 0 Å². The maximum absolute atomic E-state index is 5.76. The van der Waals surface area contributed by atoms with E-state index in [4.69, 9.17) is 5.84 Å². The Kier molecular flexibility index (Phi) is 3.12. The van der Waals surface area contributed by atoms with Gasteiger partial charge in [0.05, 0.1) is 0 Å². The van der Waals surface area contributed by atoms with E-state index in [0.29, 0.717) is 6.04 Å². The molecule has 0 amide bonds. The molecule has 1 heterocycles. The molecule has 1 aromatic rings. The number of hydrogen-bond acceptors (Lipinski definition) is 3. The molecule has 0 aliphatic heterocycles. The van der Waals surface area contributed by atoms with Crippen LogP contribution in [-0.2, 0) is 6.42 Å². The van der Waals surface area contributed by atoms with E-state index in [2.05, 4.69) is 16.5 Å². The highest BCUT2D eigenvalue weighted by atomic mass is 15.2.